The normalized spacial score (nSPS) is 16.8. The Morgan fingerprint density at radius 1 is 1.20 bits per heavy atom. The van der Waals surface area contributed by atoms with E-state index in [0.29, 0.717) is 26.2 Å². The first-order valence-electron chi connectivity index (χ1n) is 5.15. The summed E-state index contributed by atoms with van der Waals surface area (Å²) in [6, 6.07) is 1.97. The van der Waals surface area contributed by atoms with Crippen LogP contribution in [0.3, 0.4) is 0 Å². The van der Waals surface area contributed by atoms with Crippen molar-refractivity contribution in [1.29, 1.82) is 5.26 Å². The molecular formula is C10H15N3O2. The van der Waals surface area contributed by atoms with Crippen molar-refractivity contribution in [2.45, 2.75) is 19.8 Å². The number of hydrogen-bond acceptors (Lipinski definition) is 3. The summed E-state index contributed by atoms with van der Waals surface area (Å²) in [6.07, 6.45) is 1.14. The second-order valence-electron chi connectivity index (χ2n) is 3.49. The zero-order chi connectivity index (χ0) is 11.3. The summed E-state index contributed by atoms with van der Waals surface area (Å²) < 4.78 is 0. The Kier molecular flexibility index (Phi) is 4.10. The molecule has 0 radical (unpaired) electrons. The van der Waals surface area contributed by atoms with E-state index >= 15 is 0 Å². The molecule has 15 heavy (non-hydrogen) atoms. The Hall–Kier alpha value is -1.57. The maximum absolute atomic E-state index is 11.5. The standard InChI is InChI=1S/C10H15N3O2/c1-2-5-12-7-8-13(6-3-4-11)10(15)9(12)14/h2-3,5-8H2,1H3. The molecule has 0 aliphatic carbocycles. The highest BCUT2D eigenvalue weighted by Crippen LogP contribution is 2.06. The Morgan fingerprint density at radius 2 is 1.73 bits per heavy atom. The summed E-state index contributed by atoms with van der Waals surface area (Å²) >= 11 is 0. The van der Waals surface area contributed by atoms with Gasteiger partial charge in [-0.3, -0.25) is 9.59 Å². The third-order valence-electron chi connectivity index (χ3n) is 2.38. The summed E-state index contributed by atoms with van der Waals surface area (Å²) in [5, 5.41) is 8.40. The number of nitriles is 1. The van der Waals surface area contributed by atoms with Crippen LogP contribution in [0.25, 0.3) is 0 Å². The van der Waals surface area contributed by atoms with Crippen LogP contribution in [0.15, 0.2) is 0 Å². The van der Waals surface area contributed by atoms with Crippen molar-refractivity contribution in [1.82, 2.24) is 9.80 Å². The van der Waals surface area contributed by atoms with Gasteiger partial charge < -0.3 is 9.80 Å². The molecule has 0 unspecified atom stereocenters. The molecule has 1 aliphatic heterocycles. The predicted molar refractivity (Wildman–Crippen MR) is 53.7 cm³/mol. The second-order valence-corrected chi connectivity index (χ2v) is 3.49. The van der Waals surface area contributed by atoms with E-state index in [9.17, 15) is 9.59 Å². The Balaban J connectivity index is 2.53. The lowest BCUT2D eigenvalue weighted by Gasteiger charge is -2.33. The van der Waals surface area contributed by atoms with Crippen LogP contribution in [0.2, 0.25) is 0 Å². The number of hydrogen-bond donors (Lipinski definition) is 0. The van der Waals surface area contributed by atoms with Crippen molar-refractivity contribution in [3.63, 3.8) is 0 Å². The number of rotatable bonds is 4. The zero-order valence-electron chi connectivity index (χ0n) is 8.90. The molecular weight excluding hydrogens is 194 g/mol. The summed E-state index contributed by atoms with van der Waals surface area (Å²) in [6.45, 7) is 4.10. The lowest BCUT2D eigenvalue weighted by Crippen LogP contribution is -2.54. The summed E-state index contributed by atoms with van der Waals surface area (Å²) in [4.78, 5) is 26.1. The number of amides is 2. The fraction of sp³-hybridized carbons (Fsp3) is 0.700. The average molecular weight is 209 g/mol. The van der Waals surface area contributed by atoms with Crippen molar-refractivity contribution < 1.29 is 9.59 Å². The summed E-state index contributed by atoms with van der Waals surface area (Å²) in [5.41, 5.74) is 0. The first kappa shape index (κ1) is 11.5. The predicted octanol–water partition coefficient (Wildman–Crippen LogP) is -0.0191. The number of nitrogens with zero attached hydrogens (tertiary/aromatic N) is 3. The van der Waals surface area contributed by atoms with E-state index in [1.54, 1.807) is 4.90 Å². The van der Waals surface area contributed by atoms with Crippen molar-refractivity contribution in [3.05, 3.63) is 0 Å². The average Bonchev–Trinajstić information content (AvgIpc) is 2.24. The molecule has 1 fully saturated rings. The van der Waals surface area contributed by atoms with Gasteiger partial charge in [0, 0.05) is 26.2 Å². The van der Waals surface area contributed by atoms with E-state index in [1.165, 1.54) is 4.90 Å². The molecule has 0 saturated carbocycles. The third-order valence-corrected chi connectivity index (χ3v) is 2.38. The molecule has 0 bridgehead atoms. The van der Waals surface area contributed by atoms with E-state index in [2.05, 4.69) is 0 Å². The fourth-order valence-corrected chi connectivity index (χ4v) is 1.60. The topological polar surface area (TPSA) is 64.4 Å². The third kappa shape index (κ3) is 2.69. The van der Waals surface area contributed by atoms with E-state index in [1.807, 2.05) is 13.0 Å². The molecule has 0 aromatic heterocycles. The van der Waals surface area contributed by atoms with Crippen molar-refractivity contribution in [2.24, 2.45) is 0 Å². The zero-order valence-corrected chi connectivity index (χ0v) is 8.90. The van der Waals surface area contributed by atoms with Crippen molar-refractivity contribution in [3.8, 4) is 6.07 Å². The van der Waals surface area contributed by atoms with Crippen LogP contribution in [0.1, 0.15) is 19.8 Å². The highest BCUT2D eigenvalue weighted by atomic mass is 16.2. The van der Waals surface area contributed by atoms with Crippen LogP contribution in [-0.2, 0) is 9.59 Å². The minimum Gasteiger partial charge on any atom is -0.333 e. The van der Waals surface area contributed by atoms with Gasteiger partial charge in [-0.25, -0.2) is 0 Å². The van der Waals surface area contributed by atoms with Crippen LogP contribution < -0.4 is 0 Å². The van der Waals surface area contributed by atoms with Crippen LogP contribution in [0, 0.1) is 11.3 Å². The molecule has 0 aromatic rings. The van der Waals surface area contributed by atoms with Crippen LogP contribution in [-0.4, -0.2) is 47.8 Å². The molecule has 1 aliphatic rings. The molecule has 1 heterocycles. The van der Waals surface area contributed by atoms with E-state index in [0.717, 1.165) is 6.42 Å². The quantitative estimate of drug-likeness (QED) is 0.611. The van der Waals surface area contributed by atoms with Crippen LogP contribution >= 0.6 is 0 Å². The van der Waals surface area contributed by atoms with Gasteiger partial charge in [0.2, 0.25) is 0 Å². The van der Waals surface area contributed by atoms with Gasteiger partial charge in [0.15, 0.2) is 0 Å². The molecule has 82 valence electrons. The van der Waals surface area contributed by atoms with Crippen molar-refractivity contribution in [2.75, 3.05) is 26.2 Å². The smallest absolute Gasteiger partial charge is 0.312 e. The SMILES string of the molecule is CCCN1CCN(CCC#N)C(=O)C1=O. The molecule has 1 saturated heterocycles. The van der Waals surface area contributed by atoms with Gasteiger partial charge in [-0.05, 0) is 6.42 Å². The molecule has 0 aromatic carbocycles. The van der Waals surface area contributed by atoms with Crippen molar-refractivity contribution >= 4 is 11.8 Å². The largest absolute Gasteiger partial charge is 0.333 e. The first-order valence-corrected chi connectivity index (χ1v) is 5.15. The molecule has 2 amide bonds. The molecule has 1 rings (SSSR count). The Labute approximate surface area is 89.3 Å². The first-order chi connectivity index (χ1) is 7.20. The van der Waals surface area contributed by atoms with Gasteiger partial charge in [-0.2, -0.15) is 5.26 Å². The second kappa shape index (κ2) is 5.35. The van der Waals surface area contributed by atoms with Gasteiger partial charge in [-0.15, -0.1) is 0 Å². The monoisotopic (exact) mass is 209 g/mol. The van der Waals surface area contributed by atoms with Gasteiger partial charge in [0.25, 0.3) is 0 Å². The van der Waals surface area contributed by atoms with E-state index < -0.39 is 11.8 Å². The molecule has 5 nitrogen and oxygen atoms in total. The minimum absolute atomic E-state index is 0.285. The number of piperazine rings is 1. The molecule has 0 atom stereocenters. The van der Waals surface area contributed by atoms with Crippen LogP contribution in [0.5, 0.6) is 0 Å². The molecule has 0 spiro atoms. The highest BCUT2D eigenvalue weighted by molar-refractivity contribution is 6.35. The highest BCUT2D eigenvalue weighted by Gasteiger charge is 2.31. The number of carbonyl (C=O) groups excluding carboxylic acids is 2. The maximum atomic E-state index is 11.5. The van der Waals surface area contributed by atoms with Crippen LogP contribution in [0.4, 0.5) is 0 Å². The molecule has 0 N–H and O–H groups in total. The van der Waals surface area contributed by atoms with E-state index in [-0.39, 0.29) is 6.42 Å². The minimum atomic E-state index is -0.468. The van der Waals surface area contributed by atoms with Gasteiger partial charge in [0.1, 0.15) is 0 Å². The van der Waals surface area contributed by atoms with Gasteiger partial charge >= 0.3 is 11.8 Å². The fourth-order valence-electron chi connectivity index (χ4n) is 1.60. The molecule has 5 heteroatoms. The van der Waals surface area contributed by atoms with Gasteiger partial charge in [-0.1, -0.05) is 6.92 Å². The Morgan fingerprint density at radius 3 is 2.20 bits per heavy atom. The summed E-state index contributed by atoms with van der Waals surface area (Å²) in [5.74, 6) is -0.897. The number of carbonyl (C=O) groups is 2. The lowest BCUT2D eigenvalue weighted by atomic mass is 10.2. The van der Waals surface area contributed by atoms with E-state index in [4.69, 9.17) is 5.26 Å². The summed E-state index contributed by atoms with van der Waals surface area (Å²) in [7, 11) is 0. The lowest BCUT2D eigenvalue weighted by molar-refractivity contribution is -0.155. The Bertz CT molecular complexity index is 296. The van der Waals surface area contributed by atoms with Gasteiger partial charge in [0.05, 0.1) is 12.5 Å². The maximum Gasteiger partial charge on any atom is 0.312 e.